The first-order chi connectivity index (χ1) is 19.6. The van der Waals surface area contributed by atoms with Crippen LogP contribution < -0.4 is 25.2 Å². The van der Waals surface area contributed by atoms with Crippen LogP contribution in [0.3, 0.4) is 0 Å². The number of benzene rings is 2. The fourth-order valence-corrected chi connectivity index (χ4v) is 5.78. The number of hydrogen-bond donors (Lipinski definition) is 2. The van der Waals surface area contributed by atoms with Gasteiger partial charge in [0.2, 0.25) is 5.95 Å². The van der Waals surface area contributed by atoms with Crippen LogP contribution in [0.15, 0.2) is 54.7 Å². The maximum atomic E-state index is 13.9. The summed E-state index contributed by atoms with van der Waals surface area (Å²) in [6.45, 7) is 6.86. The zero-order valence-corrected chi connectivity index (χ0v) is 23.3. The minimum atomic E-state index is 0.00186. The van der Waals surface area contributed by atoms with E-state index >= 15 is 0 Å². The number of ether oxygens (including phenoxy) is 1. The van der Waals surface area contributed by atoms with Crippen molar-refractivity contribution in [3.05, 3.63) is 65.9 Å². The molecule has 2 amide bonds. The average Bonchev–Trinajstić information content (AvgIpc) is 2.99. The first-order valence-corrected chi connectivity index (χ1v) is 14.2. The summed E-state index contributed by atoms with van der Waals surface area (Å²) in [5.74, 6) is 1.89. The molecule has 3 aliphatic heterocycles. The van der Waals surface area contributed by atoms with Gasteiger partial charge >= 0.3 is 6.03 Å². The van der Waals surface area contributed by atoms with Gasteiger partial charge < -0.3 is 30.1 Å². The maximum absolute atomic E-state index is 13.9. The van der Waals surface area contributed by atoms with E-state index in [1.54, 1.807) is 7.11 Å². The van der Waals surface area contributed by atoms with E-state index in [4.69, 9.17) is 9.72 Å². The first kappa shape index (κ1) is 26.3. The van der Waals surface area contributed by atoms with Gasteiger partial charge in [0.05, 0.1) is 19.3 Å². The molecule has 0 saturated carbocycles. The zero-order valence-electron chi connectivity index (χ0n) is 23.3. The summed E-state index contributed by atoms with van der Waals surface area (Å²) in [5.41, 5.74) is 4.00. The predicted octanol–water partition coefficient (Wildman–Crippen LogP) is 3.67. The molecule has 0 radical (unpaired) electrons. The molecule has 0 unspecified atom stereocenters. The van der Waals surface area contributed by atoms with Crippen LogP contribution >= 0.6 is 0 Å². The number of carbonyl (C=O) groups is 1. The van der Waals surface area contributed by atoms with Crippen molar-refractivity contribution in [1.29, 1.82) is 0 Å². The van der Waals surface area contributed by atoms with Crippen molar-refractivity contribution in [2.45, 2.75) is 32.0 Å². The molecule has 6 rings (SSSR count). The Hall–Kier alpha value is -3.89. The Labute approximate surface area is 235 Å². The zero-order chi connectivity index (χ0) is 27.5. The summed E-state index contributed by atoms with van der Waals surface area (Å²) in [6.07, 6.45) is 3.63. The van der Waals surface area contributed by atoms with Crippen LogP contribution in [0.1, 0.15) is 24.0 Å². The van der Waals surface area contributed by atoms with E-state index in [1.165, 1.54) is 0 Å². The maximum Gasteiger partial charge on any atom is 0.326 e. The van der Waals surface area contributed by atoms with Gasteiger partial charge in [-0.25, -0.2) is 9.78 Å². The molecule has 40 heavy (non-hydrogen) atoms. The topological polar surface area (TPSA) is 89.1 Å². The molecule has 0 bridgehead atoms. The second kappa shape index (κ2) is 11.7. The first-order valence-electron chi connectivity index (χ1n) is 14.2. The van der Waals surface area contributed by atoms with E-state index in [0.29, 0.717) is 24.9 Å². The number of fused-ring (bicyclic) bond motifs is 1. The Balaban J connectivity index is 1.27. The van der Waals surface area contributed by atoms with Gasteiger partial charge in [-0.15, -0.1) is 0 Å². The molecule has 210 valence electrons. The number of urea groups is 1. The van der Waals surface area contributed by atoms with E-state index < -0.39 is 0 Å². The van der Waals surface area contributed by atoms with Crippen molar-refractivity contribution in [1.82, 2.24) is 25.1 Å². The molecule has 3 aromatic rings. The molecule has 10 nitrogen and oxygen atoms in total. The highest BCUT2D eigenvalue weighted by Crippen LogP contribution is 2.35. The molecule has 10 heteroatoms. The molecule has 2 N–H and O–H groups in total. The van der Waals surface area contributed by atoms with E-state index in [0.717, 1.165) is 80.4 Å². The fourth-order valence-electron chi connectivity index (χ4n) is 5.78. The summed E-state index contributed by atoms with van der Waals surface area (Å²) in [7, 11) is 3.84. The third-order valence-electron chi connectivity index (χ3n) is 8.10. The highest BCUT2D eigenvalue weighted by atomic mass is 16.5. The number of aromatic nitrogens is 2. The van der Waals surface area contributed by atoms with Crippen molar-refractivity contribution < 1.29 is 9.53 Å². The quantitative estimate of drug-likeness (QED) is 0.468. The molecule has 1 aromatic heterocycles. The normalized spacial score (nSPS) is 18.6. The number of nitrogens with one attached hydrogen (secondary N) is 2. The molecule has 0 atom stereocenters. The van der Waals surface area contributed by atoms with Crippen molar-refractivity contribution in [2.75, 3.05) is 68.5 Å². The van der Waals surface area contributed by atoms with Gasteiger partial charge in [-0.3, -0.25) is 4.90 Å². The lowest BCUT2D eigenvalue weighted by atomic mass is 10.0. The van der Waals surface area contributed by atoms with Gasteiger partial charge in [-0.1, -0.05) is 30.3 Å². The second-order valence-corrected chi connectivity index (χ2v) is 10.8. The van der Waals surface area contributed by atoms with Gasteiger partial charge in [0.15, 0.2) is 0 Å². The molecule has 0 spiro atoms. The number of amides is 2. The lowest BCUT2D eigenvalue weighted by Crippen LogP contribution is -2.54. The predicted molar refractivity (Wildman–Crippen MR) is 157 cm³/mol. The van der Waals surface area contributed by atoms with E-state index in [2.05, 4.69) is 56.7 Å². The monoisotopic (exact) mass is 542 g/mol. The van der Waals surface area contributed by atoms with Gasteiger partial charge in [-0.2, -0.15) is 4.98 Å². The van der Waals surface area contributed by atoms with Crippen LogP contribution in [0.2, 0.25) is 0 Å². The van der Waals surface area contributed by atoms with Gasteiger partial charge in [0.25, 0.3) is 0 Å². The summed E-state index contributed by atoms with van der Waals surface area (Å²) < 4.78 is 5.75. The number of piperazine rings is 1. The summed E-state index contributed by atoms with van der Waals surface area (Å²) in [4.78, 5) is 32.0. The van der Waals surface area contributed by atoms with Crippen molar-refractivity contribution in [2.24, 2.45) is 0 Å². The Bertz CT molecular complexity index is 1320. The van der Waals surface area contributed by atoms with E-state index in [1.807, 2.05) is 40.3 Å². The number of nitrogens with zero attached hydrogens (tertiary/aromatic N) is 6. The van der Waals surface area contributed by atoms with E-state index in [9.17, 15) is 4.79 Å². The van der Waals surface area contributed by atoms with Crippen LogP contribution in [0, 0.1) is 0 Å². The number of hydrogen-bond acceptors (Lipinski definition) is 8. The third kappa shape index (κ3) is 5.55. The Kier molecular flexibility index (Phi) is 7.70. The average molecular weight is 543 g/mol. The molecular formula is C30H38N8O2. The molecule has 2 saturated heterocycles. The van der Waals surface area contributed by atoms with Crippen LogP contribution in [-0.4, -0.2) is 85.3 Å². The van der Waals surface area contributed by atoms with Crippen LogP contribution in [0.25, 0.3) is 0 Å². The third-order valence-corrected chi connectivity index (χ3v) is 8.10. The van der Waals surface area contributed by atoms with Gasteiger partial charge in [-0.05, 0) is 50.7 Å². The number of piperidine rings is 1. The molecular weight excluding hydrogens is 504 g/mol. The number of anilines is 4. The lowest BCUT2D eigenvalue weighted by Gasteiger charge is -2.41. The number of rotatable bonds is 7. The second-order valence-electron chi connectivity index (χ2n) is 10.8. The van der Waals surface area contributed by atoms with Crippen molar-refractivity contribution in [3.8, 4) is 5.75 Å². The van der Waals surface area contributed by atoms with Crippen LogP contribution in [0.5, 0.6) is 5.75 Å². The van der Waals surface area contributed by atoms with E-state index in [-0.39, 0.29) is 12.1 Å². The molecule has 0 aliphatic carbocycles. The van der Waals surface area contributed by atoms with Crippen LogP contribution in [-0.2, 0) is 13.1 Å². The number of likely N-dealkylation sites (N-methyl/N-ethyl adjacent to an activating group) is 1. The molecule has 4 heterocycles. The fraction of sp³-hybridized carbons (Fsp3) is 0.433. The SMILES string of the molecule is COc1cc(N2CCN(C)CC2)ccc1Nc1ncc2c(n1)N(C1CCNCC1)C(=O)N(Cc1ccccc1)C2. The molecule has 3 aliphatic rings. The highest BCUT2D eigenvalue weighted by molar-refractivity contribution is 5.94. The minimum absolute atomic E-state index is 0.00186. The van der Waals surface area contributed by atoms with Crippen LogP contribution in [0.4, 0.5) is 27.9 Å². The van der Waals surface area contributed by atoms with Gasteiger partial charge in [0.1, 0.15) is 11.6 Å². The van der Waals surface area contributed by atoms with Gasteiger partial charge in [0, 0.05) is 62.3 Å². The highest BCUT2D eigenvalue weighted by Gasteiger charge is 2.37. The van der Waals surface area contributed by atoms with Crippen molar-refractivity contribution in [3.63, 3.8) is 0 Å². The minimum Gasteiger partial charge on any atom is -0.494 e. The molecule has 2 fully saturated rings. The standard InChI is InChI=1S/C30H38N8O2/c1-35-14-16-36(17-15-35)25-8-9-26(27(18-25)40-2)33-29-32-19-23-21-37(20-22-6-4-3-5-7-22)30(39)38(28(23)34-29)24-10-12-31-13-11-24/h3-9,18-19,24,31H,10-17,20-21H2,1-2H3,(H,32,33,34). The summed E-state index contributed by atoms with van der Waals surface area (Å²) in [5, 5.41) is 6.78. The smallest absolute Gasteiger partial charge is 0.326 e. The Morgan fingerprint density at radius 3 is 2.58 bits per heavy atom. The largest absolute Gasteiger partial charge is 0.494 e. The number of methoxy groups -OCH3 is 1. The molecule has 2 aromatic carbocycles. The Morgan fingerprint density at radius 2 is 1.82 bits per heavy atom. The van der Waals surface area contributed by atoms with Crippen molar-refractivity contribution >= 4 is 29.2 Å². The summed E-state index contributed by atoms with van der Waals surface area (Å²) >= 11 is 0. The lowest BCUT2D eigenvalue weighted by molar-refractivity contribution is 0.189. The summed E-state index contributed by atoms with van der Waals surface area (Å²) in [6, 6.07) is 16.4. The number of carbonyl (C=O) groups excluding carboxylic acids is 1. The Morgan fingerprint density at radius 1 is 1.05 bits per heavy atom.